The average Bonchev–Trinajstić information content (AvgIpc) is 2.19. The summed E-state index contributed by atoms with van der Waals surface area (Å²) in [6, 6.07) is 3.44. The molecule has 18 heavy (non-hydrogen) atoms. The molecule has 0 saturated heterocycles. The fraction of sp³-hybridized carbons (Fsp3) is 0.500. The lowest BCUT2D eigenvalue weighted by Gasteiger charge is -2.28. The van der Waals surface area contributed by atoms with Gasteiger partial charge in [-0.05, 0) is 24.5 Å². The van der Waals surface area contributed by atoms with Crippen molar-refractivity contribution in [2.24, 2.45) is 5.41 Å². The average molecular weight is 274 g/mol. The minimum absolute atomic E-state index is 0.224. The van der Waals surface area contributed by atoms with Gasteiger partial charge < -0.3 is 5.73 Å². The largest absolute Gasteiger partial charge is 0.395 e. The summed E-state index contributed by atoms with van der Waals surface area (Å²) in [6.45, 7) is 7.49. The zero-order valence-corrected chi connectivity index (χ0v) is 11.8. The number of anilines is 1. The SMILES string of the molecule is CC(NS(=O)(=O)c1cccc(F)c1N)C(C)(C)C. The van der Waals surface area contributed by atoms with E-state index in [0.717, 1.165) is 6.07 Å². The van der Waals surface area contributed by atoms with Crippen LogP contribution < -0.4 is 10.5 Å². The lowest BCUT2D eigenvalue weighted by Crippen LogP contribution is -2.41. The Morgan fingerprint density at radius 2 is 1.89 bits per heavy atom. The zero-order valence-electron chi connectivity index (χ0n) is 11.0. The first kappa shape index (κ1) is 14.9. The Morgan fingerprint density at radius 3 is 2.39 bits per heavy atom. The monoisotopic (exact) mass is 274 g/mol. The molecule has 6 heteroatoms. The molecule has 3 N–H and O–H groups in total. The number of sulfonamides is 1. The molecule has 0 aliphatic rings. The third-order valence-corrected chi connectivity index (χ3v) is 4.53. The van der Waals surface area contributed by atoms with Crippen molar-refractivity contribution in [2.45, 2.75) is 38.6 Å². The Kier molecular flexibility index (Phi) is 4.02. The highest BCUT2D eigenvalue weighted by Crippen LogP contribution is 2.24. The Balaban J connectivity index is 3.12. The van der Waals surface area contributed by atoms with E-state index in [1.807, 2.05) is 20.8 Å². The summed E-state index contributed by atoms with van der Waals surface area (Å²) < 4.78 is 40.0. The van der Waals surface area contributed by atoms with E-state index in [0.29, 0.717) is 0 Å². The number of hydrogen-bond acceptors (Lipinski definition) is 3. The summed E-state index contributed by atoms with van der Waals surface area (Å²) in [6.07, 6.45) is 0. The minimum Gasteiger partial charge on any atom is -0.395 e. The van der Waals surface area contributed by atoms with Gasteiger partial charge >= 0.3 is 0 Å². The normalized spacial score (nSPS) is 14.5. The molecule has 0 spiro atoms. The van der Waals surface area contributed by atoms with Crippen LogP contribution >= 0.6 is 0 Å². The number of nitrogens with one attached hydrogen (secondary N) is 1. The molecule has 0 aliphatic carbocycles. The number of para-hydroxylation sites is 1. The molecule has 0 amide bonds. The zero-order chi connectivity index (χ0) is 14.1. The van der Waals surface area contributed by atoms with E-state index in [4.69, 9.17) is 5.73 Å². The summed E-state index contributed by atoms with van der Waals surface area (Å²) >= 11 is 0. The molecule has 0 saturated carbocycles. The molecule has 1 atom stereocenters. The van der Waals surface area contributed by atoms with Crippen LogP contribution in [0.5, 0.6) is 0 Å². The molecule has 0 radical (unpaired) electrons. The molecule has 1 unspecified atom stereocenters. The molecule has 0 heterocycles. The summed E-state index contributed by atoms with van der Waals surface area (Å²) in [4.78, 5) is -0.224. The molecule has 0 aromatic heterocycles. The van der Waals surface area contributed by atoms with Crippen LogP contribution in [0.4, 0.5) is 10.1 Å². The van der Waals surface area contributed by atoms with Crippen LogP contribution in [0, 0.1) is 11.2 Å². The van der Waals surface area contributed by atoms with Crippen LogP contribution in [-0.2, 0) is 10.0 Å². The molecule has 0 aliphatic heterocycles. The first-order valence-corrected chi connectivity index (χ1v) is 7.10. The van der Waals surface area contributed by atoms with Gasteiger partial charge in [0.1, 0.15) is 10.7 Å². The maximum absolute atomic E-state index is 13.3. The Morgan fingerprint density at radius 1 is 1.33 bits per heavy atom. The fourth-order valence-corrected chi connectivity index (χ4v) is 2.82. The van der Waals surface area contributed by atoms with Gasteiger partial charge in [0, 0.05) is 6.04 Å². The molecule has 0 bridgehead atoms. The summed E-state index contributed by atoms with van der Waals surface area (Å²) in [5.41, 5.74) is 4.86. The van der Waals surface area contributed by atoms with E-state index in [2.05, 4.69) is 4.72 Å². The van der Waals surface area contributed by atoms with Gasteiger partial charge in [-0.3, -0.25) is 0 Å². The van der Waals surface area contributed by atoms with Crippen LogP contribution in [0.25, 0.3) is 0 Å². The van der Waals surface area contributed by atoms with Gasteiger partial charge in [0.15, 0.2) is 0 Å². The van der Waals surface area contributed by atoms with Gasteiger partial charge in [0.2, 0.25) is 10.0 Å². The summed E-state index contributed by atoms with van der Waals surface area (Å²) in [5, 5.41) is 0. The van der Waals surface area contributed by atoms with Crippen molar-refractivity contribution in [3.8, 4) is 0 Å². The molecular weight excluding hydrogens is 255 g/mol. The summed E-state index contributed by atoms with van der Waals surface area (Å²) in [5.74, 6) is -0.735. The molecule has 1 aromatic carbocycles. The third kappa shape index (κ3) is 3.20. The Hall–Kier alpha value is -1.14. The number of hydrogen-bond donors (Lipinski definition) is 2. The van der Waals surface area contributed by atoms with Crippen molar-refractivity contribution < 1.29 is 12.8 Å². The topological polar surface area (TPSA) is 72.2 Å². The van der Waals surface area contributed by atoms with Crippen LogP contribution in [-0.4, -0.2) is 14.5 Å². The quantitative estimate of drug-likeness (QED) is 0.829. The van der Waals surface area contributed by atoms with Crippen molar-refractivity contribution in [1.29, 1.82) is 0 Å². The van der Waals surface area contributed by atoms with Crippen molar-refractivity contribution >= 4 is 15.7 Å². The van der Waals surface area contributed by atoms with Gasteiger partial charge in [-0.15, -0.1) is 0 Å². The fourth-order valence-electron chi connectivity index (χ4n) is 1.22. The van der Waals surface area contributed by atoms with Gasteiger partial charge in [0.25, 0.3) is 0 Å². The van der Waals surface area contributed by atoms with Crippen molar-refractivity contribution in [2.75, 3.05) is 5.73 Å². The van der Waals surface area contributed by atoms with Crippen molar-refractivity contribution in [3.05, 3.63) is 24.0 Å². The second kappa shape index (κ2) is 4.85. The maximum Gasteiger partial charge on any atom is 0.242 e. The van der Waals surface area contributed by atoms with Crippen LogP contribution in [0.3, 0.4) is 0 Å². The number of nitrogen functional groups attached to an aromatic ring is 1. The van der Waals surface area contributed by atoms with E-state index in [1.165, 1.54) is 12.1 Å². The first-order valence-electron chi connectivity index (χ1n) is 5.62. The van der Waals surface area contributed by atoms with E-state index >= 15 is 0 Å². The molecule has 4 nitrogen and oxygen atoms in total. The number of benzene rings is 1. The van der Waals surface area contributed by atoms with Crippen LogP contribution in [0.1, 0.15) is 27.7 Å². The van der Waals surface area contributed by atoms with Gasteiger partial charge in [-0.2, -0.15) is 0 Å². The Bertz CT molecular complexity index is 535. The predicted octanol–water partition coefficient (Wildman–Crippen LogP) is 2.12. The van der Waals surface area contributed by atoms with Gasteiger partial charge in [-0.1, -0.05) is 26.8 Å². The van der Waals surface area contributed by atoms with E-state index in [9.17, 15) is 12.8 Å². The van der Waals surface area contributed by atoms with Gasteiger partial charge in [0.05, 0.1) is 5.69 Å². The molecule has 102 valence electrons. The first-order chi connectivity index (χ1) is 8.05. The second-order valence-electron chi connectivity index (χ2n) is 5.36. The van der Waals surface area contributed by atoms with Gasteiger partial charge in [-0.25, -0.2) is 17.5 Å². The van der Waals surface area contributed by atoms with E-state index in [-0.39, 0.29) is 22.0 Å². The van der Waals surface area contributed by atoms with Crippen LogP contribution in [0.2, 0.25) is 0 Å². The minimum atomic E-state index is -3.81. The lowest BCUT2D eigenvalue weighted by atomic mass is 9.89. The van der Waals surface area contributed by atoms with E-state index < -0.39 is 15.8 Å². The van der Waals surface area contributed by atoms with Crippen molar-refractivity contribution in [1.82, 2.24) is 4.72 Å². The highest BCUT2D eigenvalue weighted by Gasteiger charge is 2.27. The predicted molar refractivity (Wildman–Crippen MR) is 70.1 cm³/mol. The van der Waals surface area contributed by atoms with Crippen LogP contribution in [0.15, 0.2) is 23.1 Å². The molecule has 1 aromatic rings. The van der Waals surface area contributed by atoms with E-state index in [1.54, 1.807) is 6.92 Å². The number of nitrogens with two attached hydrogens (primary N) is 1. The Labute approximate surface area is 107 Å². The standard InChI is InChI=1S/C12H19FN2O2S/c1-8(12(2,3)4)15-18(16,17)10-7-5-6-9(13)11(10)14/h5-8,15H,14H2,1-4H3. The smallest absolute Gasteiger partial charge is 0.242 e. The lowest BCUT2D eigenvalue weighted by molar-refractivity contribution is 0.317. The molecule has 0 fully saturated rings. The summed E-state index contributed by atoms with van der Waals surface area (Å²) in [7, 11) is -3.81. The number of halogens is 1. The highest BCUT2D eigenvalue weighted by atomic mass is 32.2. The highest BCUT2D eigenvalue weighted by molar-refractivity contribution is 7.89. The molecular formula is C12H19FN2O2S. The van der Waals surface area contributed by atoms with Crippen molar-refractivity contribution in [3.63, 3.8) is 0 Å². The second-order valence-corrected chi connectivity index (χ2v) is 7.04. The number of rotatable bonds is 3. The maximum atomic E-state index is 13.3. The third-order valence-electron chi connectivity index (χ3n) is 2.93. The molecule has 1 rings (SSSR count).